The first kappa shape index (κ1) is 14.2. The molecular weight excluding hydrogens is 240 g/mol. The highest BCUT2D eigenvalue weighted by molar-refractivity contribution is 5.43. The molecule has 0 atom stereocenters. The Hall–Kier alpha value is -0.780. The predicted molar refractivity (Wildman–Crippen MR) is 87.7 cm³/mol. The summed E-state index contributed by atoms with van der Waals surface area (Å²) in [6.45, 7) is 0. The molecule has 0 bridgehead atoms. The lowest BCUT2D eigenvalue weighted by molar-refractivity contribution is 0.326. The zero-order valence-corrected chi connectivity index (χ0v) is 12.9. The van der Waals surface area contributed by atoms with Crippen LogP contribution in [0.4, 0.5) is 0 Å². The van der Waals surface area contributed by atoms with Crippen LogP contribution in [0, 0.1) is 11.8 Å². The molecule has 110 valence electrons. The summed E-state index contributed by atoms with van der Waals surface area (Å²) >= 11 is 0. The largest absolute Gasteiger partial charge is 0.0624 e. The lowest BCUT2D eigenvalue weighted by atomic mass is 9.78. The number of hydrogen-bond acceptors (Lipinski definition) is 0. The molecule has 0 heterocycles. The van der Waals surface area contributed by atoms with Gasteiger partial charge in [0.05, 0.1) is 0 Å². The van der Waals surface area contributed by atoms with Crippen molar-refractivity contribution in [3.8, 4) is 0 Å². The Balaban J connectivity index is 1.65. The van der Waals surface area contributed by atoms with Gasteiger partial charge in [0.15, 0.2) is 0 Å². The zero-order valence-electron chi connectivity index (χ0n) is 12.9. The molecule has 0 aromatic rings. The van der Waals surface area contributed by atoms with E-state index in [9.17, 15) is 0 Å². The molecule has 0 heteroatoms. The first-order valence-corrected chi connectivity index (χ1v) is 8.98. The molecular formula is C20H30. The molecule has 0 aliphatic heterocycles. The molecule has 20 heavy (non-hydrogen) atoms. The lowest BCUT2D eigenvalue weighted by Gasteiger charge is -2.27. The van der Waals surface area contributed by atoms with Crippen molar-refractivity contribution in [1.29, 1.82) is 0 Å². The predicted octanol–water partition coefficient (Wildman–Crippen LogP) is 6.35. The molecule has 0 saturated heterocycles. The van der Waals surface area contributed by atoms with E-state index in [1.165, 1.54) is 77.0 Å². The second-order valence-electron chi connectivity index (χ2n) is 7.19. The van der Waals surface area contributed by atoms with Crippen molar-refractivity contribution < 1.29 is 0 Å². The molecule has 0 amide bonds. The lowest BCUT2D eigenvalue weighted by Crippen LogP contribution is -2.12. The molecule has 3 aliphatic carbocycles. The van der Waals surface area contributed by atoms with Gasteiger partial charge in [-0.2, -0.15) is 0 Å². The summed E-state index contributed by atoms with van der Waals surface area (Å²) in [4.78, 5) is 0. The van der Waals surface area contributed by atoms with Gasteiger partial charge in [-0.15, -0.1) is 0 Å². The van der Waals surface area contributed by atoms with Gasteiger partial charge in [-0.25, -0.2) is 0 Å². The Bertz CT molecular complexity index is 348. The van der Waals surface area contributed by atoms with E-state index in [4.69, 9.17) is 0 Å². The smallest absolute Gasteiger partial charge is 0.0264 e. The quantitative estimate of drug-likeness (QED) is 0.558. The van der Waals surface area contributed by atoms with Gasteiger partial charge in [0, 0.05) is 0 Å². The minimum absolute atomic E-state index is 0.984. The molecule has 2 saturated carbocycles. The maximum absolute atomic E-state index is 2.35. The van der Waals surface area contributed by atoms with E-state index in [0.717, 1.165) is 11.8 Å². The van der Waals surface area contributed by atoms with Gasteiger partial charge in [0.2, 0.25) is 0 Å². The maximum atomic E-state index is 2.35. The van der Waals surface area contributed by atoms with Crippen LogP contribution >= 0.6 is 0 Å². The van der Waals surface area contributed by atoms with E-state index in [1.807, 2.05) is 0 Å². The average Bonchev–Trinajstić information content (AvgIpc) is 3.03. The first-order valence-electron chi connectivity index (χ1n) is 8.98. The average molecular weight is 270 g/mol. The van der Waals surface area contributed by atoms with Crippen LogP contribution in [0.25, 0.3) is 0 Å². The third-order valence-corrected chi connectivity index (χ3v) is 5.59. The van der Waals surface area contributed by atoms with Crippen molar-refractivity contribution in [2.24, 2.45) is 11.8 Å². The summed E-state index contributed by atoms with van der Waals surface area (Å²) in [7, 11) is 0. The van der Waals surface area contributed by atoms with Gasteiger partial charge in [0.1, 0.15) is 0 Å². The highest BCUT2D eigenvalue weighted by Gasteiger charge is 2.20. The SMILES string of the molecule is C1=CC(=C(CC2CCCCC2)CC2CCCCC2)C=C1. The van der Waals surface area contributed by atoms with E-state index in [2.05, 4.69) is 24.3 Å². The van der Waals surface area contributed by atoms with Crippen LogP contribution in [0.1, 0.15) is 77.0 Å². The molecule has 0 spiro atoms. The number of rotatable bonds is 4. The monoisotopic (exact) mass is 270 g/mol. The van der Waals surface area contributed by atoms with Crippen molar-refractivity contribution in [2.75, 3.05) is 0 Å². The van der Waals surface area contributed by atoms with Gasteiger partial charge in [-0.3, -0.25) is 0 Å². The Kier molecular flexibility index (Phi) is 5.17. The van der Waals surface area contributed by atoms with E-state index >= 15 is 0 Å². The summed E-state index contributed by atoms with van der Waals surface area (Å²) < 4.78 is 0. The Morgan fingerprint density at radius 1 is 0.700 bits per heavy atom. The van der Waals surface area contributed by atoms with Gasteiger partial charge < -0.3 is 0 Å². The second-order valence-corrected chi connectivity index (χ2v) is 7.19. The topological polar surface area (TPSA) is 0 Å². The highest BCUT2D eigenvalue weighted by atomic mass is 14.3. The molecule has 3 aliphatic rings. The van der Waals surface area contributed by atoms with Gasteiger partial charge >= 0.3 is 0 Å². The Labute approximate surface area is 125 Å². The van der Waals surface area contributed by atoms with Crippen molar-refractivity contribution in [3.63, 3.8) is 0 Å². The molecule has 0 N–H and O–H groups in total. The fourth-order valence-corrected chi connectivity index (χ4v) is 4.41. The number of allylic oxidation sites excluding steroid dienone is 6. The van der Waals surface area contributed by atoms with Crippen LogP contribution in [0.3, 0.4) is 0 Å². The molecule has 0 unspecified atom stereocenters. The number of hydrogen-bond donors (Lipinski definition) is 0. The third kappa shape index (κ3) is 3.87. The molecule has 0 nitrogen and oxygen atoms in total. The molecule has 0 aromatic heterocycles. The zero-order chi connectivity index (χ0) is 13.6. The molecule has 0 radical (unpaired) electrons. The van der Waals surface area contributed by atoms with E-state index in [-0.39, 0.29) is 0 Å². The summed E-state index contributed by atoms with van der Waals surface area (Å²) in [6, 6.07) is 0. The van der Waals surface area contributed by atoms with Crippen LogP contribution in [0.2, 0.25) is 0 Å². The van der Waals surface area contributed by atoms with Crippen LogP contribution in [0.15, 0.2) is 35.5 Å². The van der Waals surface area contributed by atoms with E-state index in [1.54, 1.807) is 11.1 Å². The van der Waals surface area contributed by atoms with Crippen LogP contribution in [-0.2, 0) is 0 Å². The minimum atomic E-state index is 0.984. The fourth-order valence-electron chi connectivity index (χ4n) is 4.41. The third-order valence-electron chi connectivity index (χ3n) is 5.59. The summed E-state index contributed by atoms with van der Waals surface area (Å²) in [5.41, 5.74) is 3.34. The summed E-state index contributed by atoms with van der Waals surface area (Å²) in [5, 5.41) is 0. The van der Waals surface area contributed by atoms with Crippen LogP contribution in [-0.4, -0.2) is 0 Å². The van der Waals surface area contributed by atoms with E-state index < -0.39 is 0 Å². The summed E-state index contributed by atoms with van der Waals surface area (Å²) in [5.74, 6) is 1.97. The van der Waals surface area contributed by atoms with Crippen LogP contribution in [0.5, 0.6) is 0 Å². The van der Waals surface area contributed by atoms with Crippen LogP contribution < -0.4 is 0 Å². The van der Waals surface area contributed by atoms with Crippen molar-refractivity contribution in [1.82, 2.24) is 0 Å². The standard InChI is InChI=1S/C20H30/c1-3-9-17(10-4-1)15-20(19-13-7-8-14-19)16-18-11-5-2-6-12-18/h7-8,13-14,17-18H,1-6,9-12,15-16H2. The van der Waals surface area contributed by atoms with E-state index in [0.29, 0.717) is 0 Å². The normalized spacial score (nSPS) is 24.5. The second kappa shape index (κ2) is 7.29. The van der Waals surface area contributed by atoms with Gasteiger partial charge in [-0.05, 0) is 30.3 Å². The molecule has 0 aromatic carbocycles. The van der Waals surface area contributed by atoms with Gasteiger partial charge in [0.25, 0.3) is 0 Å². The van der Waals surface area contributed by atoms with Crippen molar-refractivity contribution in [3.05, 3.63) is 35.5 Å². The summed E-state index contributed by atoms with van der Waals surface area (Å²) in [6.07, 6.45) is 26.7. The highest BCUT2D eigenvalue weighted by Crippen LogP contribution is 2.36. The maximum Gasteiger partial charge on any atom is -0.0264 e. The molecule has 3 rings (SSSR count). The Morgan fingerprint density at radius 2 is 1.15 bits per heavy atom. The Morgan fingerprint density at radius 3 is 1.60 bits per heavy atom. The fraction of sp³-hybridized carbons (Fsp3) is 0.700. The minimum Gasteiger partial charge on any atom is -0.0624 e. The van der Waals surface area contributed by atoms with Gasteiger partial charge in [-0.1, -0.05) is 94.1 Å². The van der Waals surface area contributed by atoms with Crippen molar-refractivity contribution >= 4 is 0 Å². The molecule has 2 fully saturated rings. The van der Waals surface area contributed by atoms with Crippen molar-refractivity contribution in [2.45, 2.75) is 77.0 Å². The first-order chi connectivity index (χ1) is 9.92.